The summed E-state index contributed by atoms with van der Waals surface area (Å²) in [7, 11) is 0. The molecule has 4 heteroatoms. The molecule has 70 valence electrons. The van der Waals surface area contributed by atoms with E-state index in [4.69, 9.17) is 9.47 Å². The number of rotatable bonds is 3. The van der Waals surface area contributed by atoms with Crippen LogP contribution in [0.3, 0.4) is 0 Å². The van der Waals surface area contributed by atoms with Crippen molar-refractivity contribution in [1.82, 2.24) is 0 Å². The molecule has 0 N–H and O–H groups in total. The predicted octanol–water partition coefficient (Wildman–Crippen LogP) is 0.891. The lowest BCUT2D eigenvalue weighted by Crippen LogP contribution is -2.33. The minimum Gasteiger partial charge on any atom is -0.462 e. The van der Waals surface area contributed by atoms with Crippen molar-refractivity contribution >= 4 is 11.9 Å². The number of hydrogen-bond donors (Lipinski definition) is 0. The van der Waals surface area contributed by atoms with E-state index in [9.17, 15) is 9.59 Å². The first kappa shape index (κ1) is 10.9. The lowest BCUT2D eigenvalue weighted by atomic mass is 10.1. The van der Waals surface area contributed by atoms with Crippen molar-refractivity contribution < 1.29 is 19.1 Å². The highest BCUT2D eigenvalue weighted by atomic mass is 16.6. The van der Waals surface area contributed by atoms with Gasteiger partial charge in [-0.2, -0.15) is 0 Å². The van der Waals surface area contributed by atoms with Crippen molar-refractivity contribution in [2.45, 2.75) is 33.3 Å². The topological polar surface area (TPSA) is 52.6 Å². The quantitative estimate of drug-likeness (QED) is 0.596. The molecule has 4 nitrogen and oxygen atoms in total. The summed E-state index contributed by atoms with van der Waals surface area (Å²) in [6.07, 6.45) is 0. The number of esters is 2. The zero-order valence-corrected chi connectivity index (χ0v) is 7.84. The van der Waals surface area contributed by atoms with Crippen LogP contribution in [0.15, 0.2) is 0 Å². The zero-order valence-electron chi connectivity index (χ0n) is 7.84. The van der Waals surface area contributed by atoms with Gasteiger partial charge in [0.25, 0.3) is 0 Å². The second-order valence-corrected chi connectivity index (χ2v) is 3.13. The fourth-order valence-electron chi connectivity index (χ4n) is 0.694. The third-order valence-corrected chi connectivity index (χ3v) is 1.04. The maximum Gasteiger partial charge on any atom is 0.303 e. The highest BCUT2D eigenvalue weighted by Gasteiger charge is 2.22. The minimum absolute atomic E-state index is 0.0852. The zero-order chi connectivity index (χ0) is 9.78. The Hall–Kier alpha value is -1.06. The van der Waals surface area contributed by atoms with Gasteiger partial charge in [-0.1, -0.05) is 0 Å². The molecular formula is C8H14O4. The SMILES string of the molecule is CC(=O)OCC(C)(C)OC(C)=O. The van der Waals surface area contributed by atoms with Gasteiger partial charge in [-0.05, 0) is 13.8 Å². The van der Waals surface area contributed by atoms with Crippen molar-refractivity contribution in [2.75, 3.05) is 6.61 Å². The Bertz CT molecular complexity index is 183. The van der Waals surface area contributed by atoms with Crippen LogP contribution >= 0.6 is 0 Å². The standard InChI is InChI=1S/C8H14O4/c1-6(9)11-5-8(3,4)12-7(2)10/h5H2,1-4H3. The van der Waals surface area contributed by atoms with E-state index in [-0.39, 0.29) is 18.5 Å². The third-order valence-electron chi connectivity index (χ3n) is 1.04. The van der Waals surface area contributed by atoms with E-state index in [0.29, 0.717) is 0 Å². The summed E-state index contributed by atoms with van der Waals surface area (Å²) in [5, 5.41) is 0. The van der Waals surface area contributed by atoms with Gasteiger partial charge in [0.1, 0.15) is 12.2 Å². The van der Waals surface area contributed by atoms with Crippen molar-refractivity contribution in [3.05, 3.63) is 0 Å². The number of carbonyl (C=O) groups excluding carboxylic acids is 2. The van der Waals surface area contributed by atoms with Gasteiger partial charge in [0.15, 0.2) is 0 Å². The Balaban J connectivity index is 3.86. The summed E-state index contributed by atoms with van der Waals surface area (Å²) in [6, 6.07) is 0. The first-order valence-corrected chi connectivity index (χ1v) is 3.66. The van der Waals surface area contributed by atoms with Gasteiger partial charge >= 0.3 is 11.9 Å². The molecule has 0 atom stereocenters. The largest absolute Gasteiger partial charge is 0.462 e. The van der Waals surface area contributed by atoms with Gasteiger partial charge in [0, 0.05) is 13.8 Å². The van der Waals surface area contributed by atoms with Crippen molar-refractivity contribution in [3.63, 3.8) is 0 Å². The van der Waals surface area contributed by atoms with Crippen LogP contribution in [0.2, 0.25) is 0 Å². The first-order chi connectivity index (χ1) is 5.33. The molecule has 0 aromatic rings. The smallest absolute Gasteiger partial charge is 0.303 e. The normalized spacial score (nSPS) is 10.7. The van der Waals surface area contributed by atoms with Gasteiger partial charge in [0.05, 0.1) is 0 Å². The Morgan fingerprint density at radius 3 is 2.00 bits per heavy atom. The maximum absolute atomic E-state index is 10.5. The van der Waals surface area contributed by atoms with E-state index in [0.717, 1.165) is 0 Å². The molecule has 0 aromatic heterocycles. The molecule has 0 amide bonds. The molecule has 0 rings (SSSR count). The van der Waals surface area contributed by atoms with Crippen LogP contribution in [-0.2, 0) is 19.1 Å². The summed E-state index contributed by atoms with van der Waals surface area (Å²) in [4.78, 5) is 21.0. The molecule has 0 heterocycles. The summed E-state index contributed by atoms with van der Waals surface area (Å²) in [6.45, 7) is 6.07. The molecule has 0 aliphatic rings. The van der Waals surface area contributed by atoms with E-state index in [2.05, 4.69) is 0 Å². The van der Waals surface area contributed by atoms with E-state index < -0.39 is 5.60 Å². The summed E-state index contributed by atoms with van der Waals surface area (Å²) in [5.41, 5.74) is -0.739. The third kappa shape index (κ3) is 5.70. The molecule has 0 aromatic carbocycles. The summed E-state index contributed by atoms with van der Waals surface area (Å²) < 4.78 is 9.56. The Morgan fingerprint density at radius 2 is 1.67 bits per heavy atom. The Morgan fingerprint density at radius 1 is 1.17 bits per heavy atom. The fraction of sp³-hybridized carbons (Fsp3) is 0.750. The highest BCUT2D eigenvalue weighted by Crippen LogP contribution is 2.09. The minimum atomic E-state index is -0.739. The molecule has 12 heavy (non-hydrogen) atoms. The van der Waals surface area contributed by atoms with Crippen LogP contribution in [0.5, 0.6) is 0 Å². The van der Waals surface area contributed by atoms with Gasteiger partial charge in [-0.3, -0.25) is 9.59 Å². The van der Waals surface area contributed by atoms with Gasteiger partial charge < -0.3 is 9.47 Å². The van der Waals surface area contributed by atoms with Crippen molar-refractivity contribution in [2.24, 2.45) is 0 Å². The molecule has 0 radical (unpaired) electrons. The predicted molar refractivity (Wildman–Crippen MR) is 42.5 cm³/mol. The van der Waals surface area contributed by atoms with Crippen LogP contribution in [0.4, 0.5) is 0 Å². The maximum atomic E-state index is 10.5. The molecule has 0 fully saturated rings. The lowest BCUT2D eigenvalue weighted by molar-refractivity contribution is -0.165. The fourth-order valence-corrected chi connectivity index (χ4v) is 0.694. The second-order valence-electron chi connectivity index (χ2n) is 3.13. The van der Waals surface area contributed by atoms with E-state index in [1.807, 2.05) is 0 Å². The van der Waals surface area contributed by atoms with Crippen LogP contribution in [-0.4, -0.2) is 24.1 Å². The van der Waals surface area contributed by atoms with Crippen LogP contribution in [0, 0.1) is 0 Å². The molecule has 0 saturated heterocycles. The summed E-state index contributed by atoms with van der Waals surface area (Å²) in [5.74, 6) is -0.762. The number of carbonyl (C=O) groups is 2. The molecule has 0 aliphatic heterocycles. The average Bonchev–Trinajstić information content (AvgIpc) is 1.81. The van der Waals surface area contributed by atoms with Gasteiger partial charge in [-0.25, -0.2) is 0 Å². The van der Waals surface area contributed by atoms with Gasteiger partial charge in [-0.15, -0.1) is 0 Å². The number of ether oxygens (including phenoxy) is 2. The summed E-state index contributed by atoms with van der Waals surface area (Å²) >= 11 is 0. The molecule has 0 saturated carbocycles. The van der Waals surface area contributed by atoms with Gasteiger partial charge in [0.2, 0.25) is 0 Å². The average molecular weight is 174 g/mol. The number of hydrogen-bond acceptors (Lipinski definition) is 4. The second kappa shape index (κ2) is 4.09. The molecule has 0 unspecified atom stereocenters. The first-order valence-electron chi connectivity index (χ1n) is 3.66. The molecule has 0 aliphatic carbocycles. The van der Waals surface area contributed by atoms with Crippen LogP contribution < -0.4 is 0 Å². The molecule has 0 bridgehead atoms. The molecule has 0 spiro atoms. The van der Waals surface area contributed by atoms with Crippen LogP contribution in [0.1, 0.15) is 27.7 Å². The Labute approximate surface area is 71.8 Å². The van der Waals surface area contributed by atoms with E-state index in [1.165, 1.54) is 13.8 Å². The van der Waals surface area contributed by atoms with Crippen molar-refractivity contribution in [3.8, 4) is 0 Å². The van der Waals surface area contributed by atoms with E-state index in [1.54, 1.807) is 13.8 Å². The highest BCUT2D eigenvalue weighted by molar-refractivity contribution is 5.67. The monoisotopic (exact) mass is 174 g/mol. The van der Waals surface area contributed by atoms with E-state index >= 15 is 0 Å². The Kier molecular flexibility index (Phi) is 3.73. The van der Waals surface area contributed by atoms with Crippen molar-refractivity contribution in [1.29, 1.82) is 0 Å². The van der Waals surface area contributed by atoms with Crippen LogP contribution in [0.25, 0.3) is 0 Å². The molecular weight excluding hydrogens is 160 g/mol. The lowest BCUT2D eigenvalue weighted by Gasteiger charge is -2.23.